The summed E-state index contributed by atoms with van der Waals surface area (Å²) < 4.78 is 36.9. The van der Waals surface area contributed by atoms with Crippen molar-refractivity contribution >= 4 is 17.6 Å². The number of nitrogens with one attached hydrogen (secondary N) is 1. The summed E-state index contributed by atoms with van der Waals surface area (Å²) >= 11 is 0. The fraction of sp³-hybridized carbons (Fsp3) is 0.100. The molecule has 7 heteroatoms. The Balaban J connectivity index is 1.69. The van der Waals surface area contributed by atoms with Crippen LogP contribution in [-0.4, -0.2) is 18.0 Å². The molecule has 1 amide bonds. The first-order valence-electron chi connectivity index (χ1n) is 8.05. The maximum atomic E-state index is 13.6. The number of anilines is 1. The van der Waals surface area contributed by atoms with Crippen molar-refractivity contribution in [2.24, 2.45) is 0 Å². The number of amides is 1. The molecular weight excluding hydrogens is 356 g/mol. The average Bonchev–Trinajstić information content (AvgIpc) is 3.14. The van der Waals surface area contributed by atoms with E-state index in [-0.39, 0.29) is 11.4 Å². The quantitative estimate of drug-likeness (QED) is 0.675. The zero-order valence-corrected chi connectivity index (χ0v) is 14.2. The van der Waals surface area contributed by atoms with Crippen LogP contribution in [0.2, 0.25) is 0 Å². The molecule has 0 aliphatic heterocycles. The highest BCUT2D eigenvalue weighted by Crippen LogP contribution is 2.25. The van der Waals surface area contributed by atoms with Crippen LogP contribution in [0.3, 0.4) is 0 Å². The lowest BCUT2D eigenvalue weighted by Crippen LogP contribution is -2.30. The van der Waals surface area contributed by atoms with Crippen molar-refractivity contribution in [3.8, 4) is 11.1 Å². The summed E-state index contributed by atoms with van der Waals surface area (Å²) in [5.74, 6) is -3.34. The Hall–Kier alpha value is -3.48. The van der Waals surface area contributed by atoms with Gasteiger partial charge in [0, 0.05) is 11.6 Å². The summed E-state index contributed by atoms with van der Waals surface area (Å²) in [5, 5.41) is 2.25. The summed E-state index contributed by atoms with van der Waals surface area (Å²) in [6, 6.07) is 13.4. The van der Waals surface area contributed by atoms with Crippen molar-refractivity contribution in [2.75, 3.05) is 5.32 Å². The third-order valence-electron chi connectivity index (χ3n) is 3.78. The molecule has 2 aromatic carbocycles. The van der Waals surface area contributed by atoms with Crippen LogP contribution in [0.5, 0.6) is 0 Å². The Morgan fingerprint density at radius 1 is 1.07 bits per heavy atom. The van der Waals surface area contributed by atoms with Gasteiger partial charge in [-0.15, -0.1) is 0 Å². The lowest BCUT2D eigenvalue weighted by molar-refractivity contribution is -0.123. The molecule has 138 valence electrons. The molecule has 0 fully saturated rings. The molecule has 0 bridgehead atoms. The summed E-state index contributed by atoms with van der Waals surface area (Å²) in [6.45, 7) is 1.33. The Bertz CT molecular complexity index is 969. The van der Waals surface area contributed by atoms with E-state index in [4.69, 9.17) is 9.15 Å². The number of benzene rings is 2. The molecule has 1 N–H and O–H groups in total. The van der Waals surface area contributed by atoms with Gasteiger partial charge in [-0.2, -0.15) is 0 Å². The molecule has 0 aliphatic carbocycles. The predicted octanol–water partition coefficient (Wildman–Crippen LogP) is 4.41. The van der Waals surface area contributed by atoms with E-state index < -0.39 is 29.6 Å². The summed E-state index contributed by atoms with van der Waals surface area (Å²) in [5.41, 5.74) is 1.06. The fourth-order valence-corrected chi connectivity index (χ4v) is 2.41. The molecule has 0 unspecified atom stereocenters. The van der Waals surface area contributed by atoms with Crippen LogP contribution in [0.4, 0.5) is 14.5 Å². The van der Waals surface area contributed by atoms with Gasteiger partial charge in [0.15, 0.2) is 6.10 Å². The van der Waals surface area contributed by atoms with Crippen LogP contribution < -0.4 is 5.32 Å². The van der Waals surface area contributed by atoms with Crippen LogP contribution in [0.1, 0.15) is 17.5 Å². The number of carbonyl (C=O) groups excluding carboxylic acids is 2. The lowest BCUT2D eigenvalue weighted by Gasteiger charge is -2.13. The molecule has 0 saturated heterocycles. The molecule has 0 spiro atoms. The minimum Gasteiger partial charge on any atom is -0.457 e. The summed E-state index contributed by atoms with van der Waals surface area (Å²) in [4.78, 5) is 24.5. The van der Waals surface area contributed by atoms with Crippen molar-refractivity contribution < 1.29 is 27.5 Å². The molecule has 27 heavy (non-hydrogen) atoms. The zero-order chi connectivity index (χ0) is 19.4. The van der Waals surface area contributed by atoms with E-state index in [2.05, 4.69) is 5.32 Å². The van der Waals surface area contributed by atoms with Gasteiger partial charge < -0.3 is 14.5 Å². The van der Waals surface area contributed by atoms with Gasteiger partial charge in [0.25, 0.3) is 5.91 Å². The smallest absolute Gasteiger partial charge is 0.375 e. The fourth-order valence-electron chi connectivity index (χ4n) is 2.41. The van der Waals surface area contributed by atoms with Crippen molar-refractivity contribution in [3.63, 3.8) is 0 Å². The Morgan fingerprint density at radius 2 is 1.81 bits per heavy atom. The van der Waals surface area contributed by atoms with Crippen LogP contribution in [0, 0.1) is 11.6 Å². The Labute approximate surface area is 153 Å². The molecule has 1 aromatic heterocycles. The molecule has 0 saturated carbocycles. The van der Waals surface area contributed by atoms with Gasteiger partial charge in [0.05, 0.1) is 12.0 Å². The first-order chi connectivity index (χ1) is 13.0. The molecule has 0 radical (unpaired) electrons. The van der Waals surface area contributed by atoms with E-state index in [1.807, 2.05) is 18.2 Å². The Kier molecular flexibility index (Phi) is 5.30. The predicted molar refractivity (Wildman–Crippen MR) is 94.0 cm³/mol. The van der Waals surface area contributed by atoms with E-state index in [0.29, 0.717) is 11.6 Å². The van der Waals surface area contributed by atoms with Gasteiger partial charge in [-0.1, -0.05) is 30.3 Å². The molecule has 3 aromatic rings. The van der Waals surface area contributed by atoms with Crippen molar-refractivity contribution in [1.82, 2.24) is 0 Å². The Morgan fingerprint density at radius 3 is 2.52 bits per heavy atom. The van der Waals surface area contributed by atoms with E-state index in [1.54, 1.807) is 18.2 Å². The standard InChI is InChI=1S/C20H15F2NO4/c1-12(19(24)23-17-8-7-14(21)11-16(17)22)27-20(25)18-15(9-10-26-18)13-5-3-2-4-6-13/h2-12H,1H3,(H,23,24)/t12-/m0/s1. The normalized spacial score (nSPS) is 11.7. The number of furan rings is 1. The second kappa shape index (κ2) is 7.82. The molecular formula is C20H15F2NO4. The highest BCUT2D eigenvalue weighted by atomic mass is 19.1. The van der Waals surface area contributed by atoms with Crippen LogP contribution in [0.15, 0.2) is 65.3 Å². The van der Waals surface area contributed by atoms with Gasteiger partial charge in [0.2, 0.25) is 5.76 Å². The second-order valence-electron chi connectivity index (χ2n) is 5.69. The monoisotopic (exact) mass is 371 g/mol. The summed E-state index contributed by atoms with van der Waals surface area (Å²) in [7, 11) is 0. The van der Waals surface area contributed by atoms with Gasteiger partial charge in [-0.05, 0) is 30.7 Å². The van der Waals surface area contributed by atoms with Gasteiger partial charge in [-0.25, -0.2) is 13.6 Å². The number of hydrogen-bond donors (Lipinski definition) is 1. The highest BCUT2D eigenvalue weighted by molar-refractivity contribution is 5.99. The van der Waals surface area contributed by atoms with E-state index in [9.17, 15) is 18.4 Å². The maximum Gasteiger partial charge on any atom is 0.375 e. The molecule has 1 heterocycles. The largest absolute Gasteiger partial charge is 0.457 e. The first-order valence-corrected chi connectivity index (χ1v) is 8.05. The van der Waals surface area contributed by atoms with Crippen LogP contribution in [0.25, 0.3) is 11.1 Å². The number of carbonyl (C=O) groups is 2. The molecule has 3 rings (SSSR count). The number of hydrogen-bond acceptors (Lipinski definition) is 4. The third kappa shape index (κ3) is 4.20. The van der Waals surface area contributed by atoms with Crippen molar-refractivity contribution in [3.05, 3.63) is 78.3 Å². The molecule has 5 nitrogen and oxygen atoms in total. The second-order valence-corrected chi connectivity index (χ2v) is 5.69. The van der Waals surface area contributed by atoms with Gasteiger partial charge >= 0.3 is 5.97 Å². The average molecular weight is 371 g/mol. The number of rotatable bonds is 5. The van der Waals surface area contributed by atoms with E-state index in [0.717, 1.165) is 17.7 Å². The third-order valence-corrected chi connectivity index (χ3v) is 3.78. The van der Waals surface area contributed by atoms with Crippen LogP contribution in [-0.2, 0) is 9.53 Å². The topological polar surface area (TPSA) is 68.5 Å². The summed E-state index contributed by atoms with van der Waals surface area (Å²) in [6.07, 6.45) is 0.119. The van der Waals surface area contributed by atoms with Crippen LogP contribution >= 0.6 is 0 Å². The zero-order valence-electron chi connectivity index (χ0n) is 14.2. The van der Waals surface area contributed by atoms with Crippen molar-refractivity contribution in [1.29, 1.82) is 0 Å². The first kappa shape index (κ1) is 18.3. The molecule has 1 atom stereocenters. The van der Waals surface area contributed by atoms with Crippen molar-refractivity contribution in [2.45, 2.75) is 13.0 Å². The number of ether oxygens (including phenoxy) is 1. The van der Waals surface area contributed by atoms with Gasteiger partial charge in [0.1, 0.15) is 11.6 Å². The van der Waals surface area contributed by atoms with E-state index >= 15 is 0 Å². The molecule has 0 aliphatic rings. The number of esters is 1. The van der Waals surface area contributed by atoms with Gasteiger partial charge in [-0.3, -0.25) is 4.79 Å². The lowest BCUT2D eigenvalue weighted by atomic mass is 10.1. The maximum absolute atomic E-state index is 13.6. The minimum absolute atomic E-state index is 0.0474. The SMILES string of the molecule is C[C@H](OC(=O)c1occc1-c1ccccc1)C(=O)Nc1ccc(F)cc1F. The highest BCUT2D eigenvalue weighted by Gasteiger charge is 2.24. The number of halogens is 2. The van der Waals surface area contributed by atoms with E-state index in [1.165, 1.54) is 13.2 Å². The minimum atomic E-state index is -1.23.